The molecule has 2 N–H and O–H groups in total. The molecule has 7 nitrogen and oxygen atoms in total. The van der Waals surface area contributed by atoms with Crippen molar-refractivity contribution in [3.8, 4) is 5.75 Å². The van der Waals surface area contributed by atoms with E-state index in [1.165, 1.54) is 16.1 Å². The summed E-state index contributed by atoms with van der Waals surface area (Å²) in [4.78, 5) is 15.1. The molecule has 2 aromatic rings. The average Bonchev–Trinajstić information content (AvgIpc) is 3.00. The van der Waals surface area contributed by atoms with Gasteiger partial charge in [0.25, 0.3) is 0 Å². The molecule has 2 atom stereocenters. The zero-order valence-electron chi connectivity index (χ0n) is 19.7. The lowest BCUT2D eigenvalue weighted by Gasteiger charge is -2.40. The Morgan fingerprint density at radius 2 is 1.85 bits per heavy atom. The van der Waals surface area contributed by atoms with Gasteiger partial charge in [0.05, 0.1) is 24.6 Å². The molecule has 1 amide bonds. The SMILES string of the molecule is CS(=O)(=O)N1CC2(CCN(C(=O)[C@H](N)C[C@@H]3CCOc4ccccc4C3)CC2)c2ccccc21. The first-order valence-electron chi connectivity index (χ1n) is 12.1. The van der Waals surface area contributed by atoms with E-state index in [0.717, 1.165) is 42.7 Å². The molecule has 0 radical (unpaired) electrons. The highest BCUT2D eigenvalue weighted by atomic mass is 32.2. The second-order valence-electron chi connectivity index (χ2n) is 10.0. The van der Waals surface area contributed by atoms with E-state index in [-0.39, 0.29) is 11.3 Å². The van der Waals surface area contributed by atoms with Crippen LogP contribution in [0, 0.1) is 5.92 Å². The topological polar surface area (TPSA) is 92.9 Å². The number of para-hydroxylation sites is 2. The first-order valence-corrected chi connectivity index (χ1v) is 13.9. The zero-order valence-corrected chi connectivity index (χ0v) is 20.5. The smallest absolute Gasteiger partial charge is 0.239 e. The Hall–Kier alpha value is -2.58. The van der Waals surface area contributed by atoms with Crippen LogP contribution in [0.15, 0.2) is 48.5 Å². The maximum Gasteiger partial charge on any atom is 0.239 e. The van der Waals surface area contributed by atoms with E-state index >= 15 is 0 Å². The molecule has 3 aliphatic rings. The van der Waals surface area contributed by atoms with E-state index in [0.29, 0.717) is 38.6 Å². The third-order valence-corrected chi connectivity index (χ3v) is 8.92. The van der Waals surface area contributed by atoms with Crippen molar-refractivity contribution in [2.75, 3.05) is 36.8 Å². The predicted octanol–water partition coefficient (Wildman–Crippen LogP) is 2.69. The number of amides is 1. The number of nitrogens with zero attached hydrogens (tertiary/aromatic N) is 2. The van der Waals surface area contributed by atoms with Gasteiger partial charge in [-0.3, -0.25) is 9.10 Å². The second kappa shape index (κ2) is 8.89. The number of benzene rings is 2. The fourth-order valence-electron chi connectivity index (χ4n) is 5.92. The van der Waals surface area contributed by atoms with Gasteiger partial charge >= 0.3 is 0 Å². The summed E-state index contributed by atoms with van der Waals surface area (Å²) in [5.41, 5.74) is 9.22. The van der Waals surface area contributed by atoms with E-state index in [1.54, 1.807) is 0 Å². The van der Waals surface area contributed by atoms with Crippen LogP contribution in [0.5, 0.6) is 5.75 Å². The molecule has 0 aromatic heterocycles. The minimum absolute atomic E-state index is 0.000415. The predicted molar refractivity (Wildman–Crippen MR) is 132 cm³/mol. The van der Waals surface area contributed by atoms with E-state index in [1.807, 2.05) is 47.4 Å². The number of carbonyl (C=O) groups excluding carboxylic acids is 1. The van der Waals surface area contributed by atoms with E-state index in [4.69, 9.17) is 10.5 Å². The van der Waals surface area contributed by atoms with Gasteiger partial charge in [0, 0.05) is 25.0 Å². The minimum atomic E-state index is -3.35. The molecular formula is C26H33N3O4S. The first kappa shape index (κ1) is 23.2. The number of sulfonamides is 1. The van der Waals surface area contributed by atoms with E-state index in [9.17, 15) is 13.2 Å². The quantitative estimate of drug-likeness (QED) is 0.722. The van der Waals surface area contributed by atoms with E-state index in [2.05, 4.69) is 6.07 Å². The Kier molecular flexibility index (Phi) is 6.06. The summed E-state index contributed by atoms with van der Waals surface area (Å²) < 4.78 is 32.2. The van der Waals surface area contributed by atoms with Gasteiger partial charge in [0.15, 0.2) is 0 Å². The number of nitrogens with two attached hydrogens (primary N) is 1. The molecule has 1 fully saturated rings. The molecule has 0 bridgehead atoms. The summed E-state index contributed by atoms with van der Waals surface area (Å²) in [7, 11) is -3.35. The molecule has 5 rings (SSSR count). The number of anilines is 1. The number of piperidine rings is 1. The van der Waals surface area contributed by atoms with Gasteiger partial charge < -0.3 is 15.4 Å². The molecule has 1 saturated heterocycles. The number of fused-ring (bicyclic) bond motifs is 3. The molecular weight excluding hydrogens is 450 g/mol. The Balaban J connectivity index is 1.23. The molecule has 3 heterocycles. The zero-order chi connectivity index (χ0) is 23.9. The van der Waals surface area contributed by atoms with Gasteiger partial charge in [-0.05, 0) is 61.3 Å². The third-order valence-electron chi connectivity index (χ3n) is 7.79. The summed E-state index contributed by atoms with van der Waals surface area (Å²) in [6.45, 7) is 2.27. The lowest BCUT2D eigenvalue weighted by atomic mass is 9.74. The van der Waals surface area contributed by atoms with Gasteiger partial charge in [-0.15, -0.1) is 0 Å². The summed E-state index contributed by atoms with van der Waals surface area (Å²) in [5.74, 6) is 1.24. The normalized spacial score (nSPS) is 22.5. The first-order chi connectivity index (χ1) is 16.3. The van der Waals surface area contributed by atoms with Crippen molar-refractivity contribution in [1.29, 1.82) is 0 Å². The van der Waals surface area contributed by atoms with Crippen molar-refractivity contribution in [1.82, 2.24) is 4.90 Å². The fraction of sp³-hybridized carbons (Fsp3) is 0.500. The molecule has 1 spiro atoms. The number of ether oxygens (including phenoxy) is 1. The van der Waals surface area contributed by atoms with Gasteiger partial charge in [-0.25, -0.2) is 8.42 Å². The second-order valence-corrected chi connectivity index (χ2v) is 12.0. The van der Waals surface area contributed by atoms with Crippen LogP contribution in [0.4, 0.5) is 5.69 Å². The van der Waals surface area contributed by atoms with Crippen molar-refractivity contribution >= 4 is 21.6 Å². The standard InChI is InChI=1S/C26H33N3O4S/c1-34(31,32)29-18-26(21-7-3-4-8-23(21)29)11-13-28(14-12-26)25(30)22(27)17-19-10-15-33-24-9-5-2-6-20(24)16-19/h2-9,19,22H,10-18,27H2,1H3/t19-,22-/m1/s1. The molecule has 0 saturated carbocycles. The molecule has 3 aliphatic heterocycles. The fourth-order valence-corrected chi connectivity index (χ4v) is 6.92. The third kappa shape index (κ3) is 4.29. The molecule has 34 heavy (non-hydrogen) atoms. The van der Waals surface area contributed by atoms with Gasteiger partial charge in [0.2, 0.25) is 15.9 Å². The van der Waals surface area contributed by atoms with Crippen LogP contribution < -0.4 is 14.8 Å². The Bertz CT molecular complexity index is 1170. The minimum Gasteiger partial charge on any atom is -0.493 e. The van der Waals surface area contributed by atoms with Crippen molar-refractivity contribution in [3.63, 3.8) is 0 Å². The van der Waals surface area contributed by atoms with Gasteiger partial charge in [0.1, 0.15) is 5.75 Å². The molecule has 182 valence electrons. The van der Waals surface area contributed by atoms with Crippen LogP contribution in [-0.2, 0) is 26.7 Å². The van der Waals surface area contributed by atoms with Crippen LogP contribution in [0.1, 0.15) is 36.8 Å². The molecule has 0 unspecified atom stereocenters. The number of hydrogen-bond donors (Lipinski definition) is 1. The van der Waals surface area contributed by atoms with Crippen LogP contribution in [0.3, 0.4) is 0 Å². The molecule has 0 aliphatic carbocycles. The van der Waals surface area contributed by atoms with Crippen molar-refractivity contribution in [2.24, 2.45) is 11.7 Å². The molecule has 2 aromatic carbocycles. The lowest BCUT2D eigenvalue weighted by molar-refractivity contribution is -0.134. The number of carbonyl (C=O) groups is 1. The van der Waals surface area contributed by atoms with Crippen molar-refractivity contribution in [2.45, 2.75) is 43.6 Å². The monoisotopic (exact) mass is 483 g/mol. The van der Waals surface area contributed by atoms with Crippen LogP contribution in [0.2, 0.25) is 0 Å². The highest BCUT2D eigenvalue weighted by Gasteiger charge is 2.47. The lowest BCUT2D eigenvalue weighted by Crippen LogP contribution is -2.52. The summed E-state index contributed by atoms with van der Waals surface area (Å²) in [5, 5.41) is 0. The highest BCUT2D eigenvalue weighted by Crippen LogP contribution is 2.47. The van der Waals surface area contributed by atoms with E-state index < -0.39 is 16.1 Å². The van der Waals surface area contributed by atoms with Crippen molar-refractivity contribution in [3.05, 3.63) is 59.7 Å². The Morgan fingerprint density at radius 1 is 1.15 bits per heavy atom. The Labute approximate surface area is 201 Å². The summed E-state index contributed by atoms with van der Waals surface area (Å²) in [6.07, 6.45) is 5.13. The van der Waals surface area contributed by atoms with Crippen LogP contribution in [0.25, 0.3) is 0 Å². The number of hydrogen-bond acceptors (Lipinski definition) is 5. The maximum absolute atomic E-state index is 13.2. The summed E-state index contributed by atoms with van der Waals surface area (Å²) in [6, 6.07) is 15.3. The van der Waals surface area contributed by atoms with Gasteiger partial charge in [-0.1, -0.05) is 36.4 Å². The Morgan fingerprint density at radius 3 is 2.62 bits per heavy atom. The summed E-state index contributed by atoms with van der Waals surface area (Å²) >= 11 is 0. The van der Waals surface area contributed by atoms with Crippen LogP contribution in [-0.4, -0.2) is 57.8 Å². The van der Waals surface area contributed by atoms with Crippen molar-refractivity contribution < 1.29 is 17.9 Å². The highest BCUT2D eigenvalue weighted by molar-refractivity contribution is 7.92. The number of rotatable bonds is 4. The number of likely N-dealkylation sites (tertiary alicyclic amines) is 1. The average molecular weight is 484 g/mol. The van der Waals surface area contributed by atoms with Crippen LogP contribution >= 0.6 is 0 Å². The maximum atomic E-state index is 13.2. The molecule has 8 heteroatoms. The largest absolute Gasteiger partial charge is 0.493 e. The van der Waals surface area contributed by atoms with Gasteiger partial charge in [-0.2, -0.15) is 0 Å².